The molecule has 0 bridgehead atoms. The molecule has 0 radical (unpaired) electrons. The molecule has 18 heteroatoms. The number of esters is 3. The van der Waals surface area contributed by atoms with Gasteiger partial charge in [0.2, 0.25) is 0 Å². The van der Waals surface area contributed by atoms with E-state index in [1.807, 2.05) is 0 Å². The highest BCUT2D eigenvalue weighted by atomic mass is 31.2. The maximum Gasteiger partial charge on any atom is 0.472 e. The highest BCUT2D eigenvalue weighted by molar-refractivity contribution is 7.47. The predicted molar refractivity (Wildman–Crippen MR) is 399 cm³/mol. The highest BCUT2D eigenvalue weighted by Crippen LogP contribution is 2.45. The van der Waals surface area contributed by atoms with Gasteiger partial charge in [0, 0.05) is 19.3 Å². The van der Waals surface area contributed by atoms with E-state index in [1.54, 1.807) is 0 Å². The van der Waals surface area contributed by atoms with Gasteiger partial charge in [0.25, 0.3) is 0 Å². The lowest BCUT2D eigenvalue weighted by molar-refractivity contribution is -0.161. The van der Waals surface area contributed by atoms with Crippen LogP contribution in [0.15, 0.2) is 109 Å². The number of phosphoric acid groups is 2. The van der Waals surface area contributed by atoms with E-state index >= 15 is 0 Å². The Labute approximate surface area is 590 Å². The summed E-state index contributed by atoms with van der Waals surface area (Å²) in [5.41, 5.74) is 0. The second kappa shape index (κ2) is 72.0. The number of aliphatic hydroxyl groups is 2. The fourth-order valence-corrected chi connectivity index (χ4v) is 11.7. The van der Waals surface area contributed by atoms with Crippen LogP contribution in [0.4, 0.5) is 0 Å². The van der Waals surface area contributed by atoms with Crippen LogP contribution in [-0.4, -0.2) is 95.9 Å². The number of allylic oxidation sites excluding steroid dienone is 18. The molecule has 0 heterocycles. The lowest BCUT2D eigenvalue weighted by Gasteiger charge is -2.21. The minimum atomic E-state index is -4.93. The van der Waals surface area contributed by atoms with E-state index in [0.717, 1.165) is 141 Å². The van der Waals surface area contributed by atoms with Crippen LogP contribution in [0, 0.1) is 0 Å². The standard InChI is InChI=1S/C79H138O16P2/c1-4-7-10-13-16-19-22-25-28-29-30-31-32-33-34-35-36-37-38-39-40-41-42-43-46-48-50-53-56-59-62-65-77(82)89-68-74(80)69-91-96(85,86)92-70-75(81)71-93-97(87,88)94-73-76(95-79(84)67-64-61-58-55-52-49-45-27-24-21-18-15-12-9-6-3)72-90-78(83)66-63-60-57-54-51-47-44-26-23-20-17-14-11-8-5-2/h7,10,16-21,25-28,30-31,33-34,44-45,74-76,80-81H,4-6,8-9,11-15,22-24,29,32,35-43,46-73H2,1-3H3,(H,85,86)(H,87,88)/b10-7-,19-16-,20-17-,21-18-,28-25-,31-30-,34-33-,44-26-,45-27-. The van der Waals surface area contributed by atoms with Gasteiger partial charge in [-0.25, -0.2) is 9.13 Å². The van der Waals surface area contributed by atoms with Crippen LogP contribution in [0.25, 0.3) is 0 Å². The summed E-state index contributed by atoms with van der Waals surface area (Å²) >= 11 is 0. The van der Waals surface area contributed by atoms with Crippen molar-refractivity contribution in [2.75, 3.05) is 39.6 Å². The molecule has 5 unspecified atom stereocenters. The highest BCUT2D eigenvalue weighted by Gasteiger charge is 2.29. The first-order chi connectivity index (χ1) is 47.2. The molecule has 0 aliphatic carbocycles. The quantitative estimate of drug-likeness (QED) is 0.0146. The molecule has 0 spiro atoms. The zero-order valence-electron chi connectivity index (χ0n) is 61.0. The molecule has 0 amide bonds. The molecule has 560 valence electrons. The molecule has 0 aliphatic rings. The van der Waals surface area contributed by atoms with Crippen LogP contribution in [0.5, 0.6) is 0 Å². The summed E-state index contributed by atoms with van der Waals surface area (Å²) < 4.78 is 61.0. The zero-order valence-corrected chi connectivity index (χ0v) is 62.8. The van der Waals surface area contributed by atoms with Gasteiger partial charge in [-0.15, -0.1) is 0 Å². The third-order valence-corrected chi connectivity index (χ3v) is 17.9. The van der Waals surface area contributed by atoms with Crippen molar-refractivity contribution >= 4 is 33.6 Å². The van der Waals surface area contributed by atoms with Crippen molar-refractivity contribution in [3.05, 3.63) is 109 Å². The van der Waals surface area contributed by atoms with Crippen LogP contribution in [0.1, 0.15) is 316 Å². The van der Waals surface area contributed by atoms with Gasteiger partial charge in [-0.1, -0.05) is 278 Å². The van der Waals surface area contributed by atoms with Gasteiger partial charge in [0.15, 0.2) is 6.10 Å². The van der Waals surface area contributed by atoms with E-state index in [1.165, 1.54) is 116 Å². The molecule has 97 heavy (non-hydrogen) atoms. The smallest absolute Gasteiger partial charge is 0.463 e. The van der Waals surface area contributed by atoms with E-state index in [4.69, 9.17) is 32.3 Å². The summed E-state index contributed by atoms with van der Waals surface area (Å²) in [6, 6.07) is 0. The second-order valence-corrected chi connectivity index (χ2v) is 28.3. The molecule has 0 aromatic heterocycles. The Hall–Kier alpha value is -3.79. The van der Waals surface area contributed by atoms with Gasteiger partial charge < -0.3 is 34.2 Å². The summed E-state index contributed by atoms with van der Waals surface area (Å²) in [7, 11) is -9.79. The molecular formula is C79H138O16P2. The summed E-state index contributed by atoms with van der Waals surface area (Å²) in [4.78, 5) is 58.5. The minimum absolute atomic E-state index is 0.0856. The zero-order chi connectivity index (χ0) is 70.9. The second-order valence-electron chi connectivity index (χ2n) is 25.4. The minimum Gasteiger partial charge on any atom is -0.463 e. The van der Waals surface area contributed by atoms with E-state index in [-0.39, 0.29) is 19.3 Å². The van der Waals surface area contributed by atoms with Crippen molar-refractivity contribution in [3.63, 3.8) is 0 Å². The van der Waals surface area contributed by atoms with Crippen LogP contribution in [-0.2, 0) is 55.8 Å². The van der Waals surface area contributed by atoms with Crippen LogP contribution >= 0.6 is 15.6 Å². The number of carbonyl (C=O) groups excluding carboxylic acids is 3. The number of rotatable bonds is 72. The average Bonchev–Trinajstić information content (AvgIpc) is 1.84. The molecule has 0 saturated heterocycles. The average molecular weight is 1410 g/mol. The number of carbonyl (C=O) groups is 3. The fourth-order valence-electron chi connectivity index (χ4n) is 10.1. The van der Waals surface area contributed by atoms with Crippen molar-refractivity contribution in [1.29, 1.82) is 0 Å². The Morgan fingerprint density at radius 3 is 0.866 bits per heavy atom. The molecule has 0 fully saturated rings. The Morgan fingerprint density at radius 1 is 0.299 bits per heavy atom. The molecule has 16 nitrogen and oxygen atoms in total. The van der Waals surface area contributed by atoms with Gasteiger partial charge in [0.1, 0.15) is 25.4 Å². The molecule has 0 saturated carbocycles. The number of hydrogen-bond donors (Lipinski definition) is 4. The number of unbranched alkanes of at least 4 members (excludes halogenated alkanes) is 31. The first-order valence-electron chi connectivity index (χ1n) is 38.2. The SMILES string of the molecule is CC/C=C\C/C=C\C/C=C\C/C=C\C/C=C\CCCCCCCCCCCCCCCCCC(=O)OCC(O)COP(=O)(O)OCC(O)COP(=O)(O)OCC(COC(=O)CCCCCCC/C=C\C/C=C\CCCCC)OC(=O)CCCCCCC/C=C\C/C=C\CCCCC. The summed E-state index contributed by atoms with van der Waals surface area (Å²) in [5, 5.41) is 20.6. The number of phosphoric ester groups is 2. The summed E-state index contributed by atoms with van der Waals surface area (Å²) in [5.74, 6) is -1.60. The van der Waals surface area contributed by atoms with Gasteiger partial charge in [-0.3, -0.25) is 32.5 Å². The van der Waals surface area contributed by atoms with Crippen LogP contribution in [0.2, 0.25) is 0 Å². The number of hydrogen-bond acceptors (Lipinski definition) is 14. The van der Waals surface area contributed by atoms with Crippen molar-refractivity contribution < 1.29 is 75.8 Å². The maximum atomic E-state index is 12.9. The van der Waals surface area contributed by atoms with Gasteiger partial charge >= 0.3 is 33.6 Å². The number of ether oxygens (including phenoxy) is 3. The van der Waals surface area contributed by atoms with Gasteiger partial charge in [-0.05, 0) is 128 Å². The third-order valence-electron chi connectivity index (χ3n) is 16.0. The molecule has 0 aliphatic heterocycles. The normalized spacial score (nSPS) is 14.7. The first-order valence-corrected chi connectivity index (χ1v) is 41.2. The lowest BCUT2D eigenvalue weighted by Crippen LogP contribution is -2.30. The van der Waals surface area contributed by atoms with E-state index < -0.39 is 91.5 Å². The maximum absolute atomic E-state index is 12.9. The molecule has 0 aromatic carbocycles. The monoisotopic (exact) mass is 1400 g/mol. The Bertz CT molecular complexity index is 2200. The predicted octanol–water partition coefficient (Wildman–Crippen LogP) is 22.0. The molecular weight excluding hydrogens is 1270 g/mol. The third kappa shape index (κ3) is 73.3. The van der Waals surface area contributed by atoms with Crippen molar-refractivity contribution in [1.82, 2.24) is 0 Å². The van der Waals surface area contributed by atoms with E-state index in [9.17, 15) is 43.5 Å². The largest absolute Gasteiger partial charge is 0.472 e. The van der Waals surface area contributed by atoms with E-state index in [0.29, 0.717) is 19.3 Å². The Kier molecular flexibility index (Phi) is 69.2. The first kappa shape index (κ1) is 93.2. The molecule has 0 rings (SSSR count). The number of aliphatic hydroxyl groups excluding tert-OH is 2. The van der Waals surface area contributed by atoms with Gasteiger partial charge in [-0.2, -0.15) is 0 Å². The molecule has 5 atom stereocenters. The van der Waals surface area contributed by atoms with Crippen molar-refractivity contribution in [2.45, 2.75) is 334 Å². The fraction of sp³-hybridized carbons (Fsp3) is 0.734. The van der Waals surface area contributed by atoms with Crippen molar-refractivity contribution in [2.24, 2.45) is 0 Å². The summed E-state index contributed by atoms with van der Waals surface area (Å²) in [6.45, 7) is 2.49. The Morgan fingerprint density at radius 2 is 0.546 bits per heavy atom. The topological polar surface area (TPSA) is 231 Å². The molecule has 0 aromatic rings. The van der Waals surface area contributed by atoms with E-state index in [2.05, 4.69) is 130 Å². The van der Waals surface area contributed by atoms with Crippen LogP contribution < -0.4 is 0 Å². The molecule has 4 N–H and O–H groups in total. The van der Waals surface area contributed by atoms with Crippen molar-refractivity contribution in [3.8, 4) is 0 Å². The van der Waals surface area contributed by atoms with Gasteiger partial charge in [0.05, 0.1) is 26.4 Å². The van der Waals surface area contributed by atoms with Crippen LogP contribution in [0.3, 0.4) is 0 Å². The summed E-state index contributed by atoms with van der Waals surface area (Å²) in [6.07, 6.45) is 82.9. The Balaban J connectivity index is 4.44. The lowest BCUT2D eigenvalue weighted by atomic mass is 10.0.